The maximum absolute atomic E-state index is 12.4. The third kappa shape index (κ3) is 2.63. The van der Waals surface area contributed by atoms with Gasteiger partial charge in [-0.2, -0.15) is 0 Å². The summed E-state index contributed by atoms with van der Waals surface area (Å²) in [7, 11) is 0. The van der Waals surface area contributed by atoms with E-state index in [9.17, 15) is 4.79 Å². The number of nitrogens with zero attached hydrogens (tertiary/aromatic N) is 2. The molecule has 0 bridgehead atoms. The number of carbonyl (C=O) groups excluding carboxylic acids is 1. The first-order chi connectivity index (χ1) is 9.78. The number of anilines is 1. The molecule has 2 N–H and O–H groups in total. The van der Waals surface area contributed by atoms with Crippen LogP contribution in [-0.4, -0.2) is 47.5 Å². The minimum Gasteiger partial charge on any atom is -0.370 e. The molecule has 0 spiro atoms. The van der Waals surface area contributed by atoms with Gasteiger partial charge in [0.1, 0.15) is 5.82 Å². The molecular weight excluding hydrogens is 252 g/mol. The van der Waals surface area contributed by atoms with Crippen LogP contribution in [0.2, 0.25) is 0 Å². The van der Waals surface area contributed by atoms with Crippen LogP contribution in [0.3, 0.4) is 0 Å². The zero-order valence-electron chi connectivity index (χ0n) is 11.9. The molecule has 2 fully saturated rings. The number of fused-ring (bicyclic) bond motifs is 1. The lowest BCUT2D eigenvalue weighted by Crippen LogP contribution is -2.42. The topological polar surface area (TPSA) is 57.3 Å². The molecule has 0 aromatic carbocycles. The number of aromatic nitrogens is 1. The molecule has 20 heavy (non-hydrogen) atoms. The van der Waals surface area contributed by atoms with Crippen LogP contribution in [0.15, 0.2) is 18.3 Å². The first kappa shape index (κ1) is 13.4. The van der Waals surface area contributed by atoms with Gasteiger partial charge in [-0.15, -0.1) is 0 Å². The molecule has 0 saturated carbocycles. The molecule has 2 unspecified atom stereocenters. The van der Waals surface area contributed by atoms with E-state index in [2.05, 4.69) is 20.5 Å². The zero-order valence-corrected chi connectivity index (χ0v) is 11.9. The first-order valence-corrected chi connectivity index (χ1v) is 7.53. The van der Waals surface area contributed by atoms with Crippen molar-refractivity contribution >= 4 is 11.7 Å². The lowest BCUT2D eigenvalue weighted by Gasteiger charge is -2.21. The smallest absolute Gasteiger partial charge is 0.251 e. The van der Waals surface area contributed by atoms with Crippen molar-refractivity contribution in [1.82, 2.24) is 15.2 Å². The Balaban J connectivity index is 1.65. The van der Waals surface area contributed by atoms with Gasteiger partial charge in [-0.25, -0.2) is 4.98 Å². The maximum atomic E-state index is 12.4. The van der Waals surface area contributed by atoms with Gasteiger partial charge in [0.15, 0.2) is 0 Å². The summed E-state index contributed by atoms with van der Waals surface area (Å²) in [5.41, 5.74) is 0.687. The summed E-state index contributed by atoms with van der Waals surface area (Å²) in [6.45, 7) is 5.13. The predicted octanol–water partition coefficient (Wildman–Crippen LogP) is 1.48. The van der Waals surface area contributed by atoms with E-state index < -0.39 is 0 Å². The van der Waals surface area contributed by atoms with Gasteiger partial charge in [0, 0.05) is 36.9 Å². The fourth-order valence-electron chi connectivity index (χ4n) is 3.35. The Labute approximate surface area is 119 Å². The Kier molecular flexibility index (Phi) is 3.87. The van der Waals surface area contributed by atoms with Crippen molar-refractivity contribution in [2.75, 3.05) is 25.0 Å². The van der Waals surface area contributed by atoms with E-state index in [1.54, 1.807) is 12.3 Å². The van der Waals surface area contributed by atoms with E-state index in [1.807, 2.05) is 13.0 Å². The average Bonchev–Trinajstić information content (AvgIpc) is 3.04. The van der Waals surface area contributed by atoms with Crippen LogP contribution in [0.4, 0.5) is 5.82 Å². The van der Waals surface area contributed by atoms with Gasteiger partial charge in [-0.05, 0) is 44.9 Å². The summed E-state index contributed by atoms with van der Waals surface area (Å²) in [4.78, 5) is 19.1. The van der Waals surface area contributed by atoms with Crippen LogP contribution >= 0.6 is 0 Å². The summed E-state index contributed by atoms with van der Waals surface area (Å²) in [6.07, 6.45) is 5.23. The highest BCUT2D eigenvalue weighted by Gasteiger charge is 2.37. The van der Waals surface area contributed by atoms with E-state index in [0.29, 0.717) is 17.6 Å². The van der Waals surface area contributed by atoms with E-state index in [4.69, 9.17) is 0 Å². The molecule has 3 heterocycles. The maximum Gasteiger partial charge on any atom is 0.251 e. The van der Waals surface area contributed by atoms with Crippen LogP contribution < -0.4 is 10.6 Å². The molecule has 2 aliphatic rings. The molecular formula is C15H22N4O. The highest BCUT2D eigenvalue weighted by atomic mass is 16.1. The quantitative estimate of drug-likeness (QED) is 0.873. The number of hydrogen-bond donors (Lipinski definition) is 2. The highest BCUT2D eigenvalue weighted by molar-refractivity contribution is 5.95. The normalized spacial score (nSPS) is 25.4. The second-order valence-electron chi connectivity index (χ2n) is 5.57. The molecule has 3 rings (SSSR count). The second kappa shape index (κ2) is 5.79. The van der Waals surface area contributed by atoms with Crippen LogP contribution in [0.5, 0.6) is 0 Å². The van der Waals surface area contributed by atoms with Crippen molar-refractivity contribution < 1.29 is 4.79 Å². The Bertz CT molecular complexity index is 491. The average molecular weight is 274 g/mol. The second-order valence-corrected chi connectivity index (χ2v) is 5.57. The van der Waals surface area contributed by atoms with Crippen molar-refractivity contribution in [2.24, 2.45) is 0 Å². The lowest BCUT2D eigenvalue weighted by atomic mass is 10.1. The van der Waals surface area contributed by atoms with Gasteiger partial charge in [-0.3, -0.25) is 9.69 Å². The number of hydrogen-bond acceptors (Lipinski definition) is 4. The molecule has 1 aromatic rings. The minimum absolute atomic E-state index is 0.0188. The Morgan fingerprint density at radius 2 is 2.35 bits per heavy atom. The molecule has 2 aliphatic heterocycles. The summed E-state index contributed by atoms with van der Waals surface area (Å²) < 4.78 is 0. The van der Waals surface area contributed by atoms with Gasteiger partial charge in [0.25, 0.3) is 5.91 Å². The molecule has 2 atom stereocenters. The molecule has 0 aliphatic carbocycles. The molecule has 5 nitrogen and oxygen atoms in total. The van der Waals surface area contributed by atoms with Gasteiger partial charge in [0.05, 0.1) is 0 Å². The van der Waals surface area contributed by atoms with Crippen molar-refractivity contribution in [1.29, 1.82) is 0 Å². The Morgan fingerprint density at radius 3 is 3.20 bits per heavy atom. The third-order valence-corrected chi connectivity index (χ3v) is 4.30. The van der Waals surface area contributed by atoms with Crippen molar-refractivity contribution in [3.05, 3.63) is 23.9 Å². The lowest BCUT2D eigenvalue weighted by molar-refractivity contribution is 0.0929. The zero-order chi connectivity index (χ0) is 13.9. The predicted molar refractivity (Wildman–Crippen MR) is 78.9 cm³/mol. The van der Waals surface area contributed by atoms with Crippen LogP contribution in [-0.2, 0) is 0 Å². The summed E-state index contributed by atoms with van der Waals surface area (Å²) >= 11 is 0. The minimum atomic E-state index is 0.0188. The summed E-state index contributed by atoms with van der Waals surface area (Å²) in [5, 5.41) is 6.33. The Hall–Kier alpha value is -1.62. The third-order valence-electron chi connectivity index (χ3n) is 4.30. The SMILES string of the molecule is CCNc1cc(C(=O)NC2CCN3CCCC23)ccn1. The number of amides is 1. The standard InChI is InChI=1S/C15H22N4O/c1-2-16-14-10-11(5-7-17-14)15(20)18-12-6-9-19-8-3-4-13(12)19/h5,7,10,12-13H,2-4,6,8-9H2,1H3,(H,16,17)(H,18,20). The summed E-state index contributed by atoms with van der Waals surface area (Å²) in [6, 6.07) is 4.45. The van der Waals surface area contributed by atoms with E-state index in [-0.39, 0.29) is 5.91 Å². The van der Waals surface area contributed by atoms with Crippen molar-refractivity contribution in [3.63, 3.8) is 0 Å². The van der Waals surface area contributed by atoms with E-state index >= 15 is 0 Å². The van der Waals surface area contributed by atoms with Crippen LogP contribution in [0.25, 0.3) is 0 Å². The summed E-state index contributed by atoms with van der Waals surface area (Å²) in [5.74, 6) is 0.777. The first-order valence-electron chi connectivity index (χ1n) is 7.53. The number of nitrogens with one attached hydrogen (secondary N) is 2. The number of carbonyl (C=O) groups is 1. The number of rotatable bonds is 4. The van der Waals surface area contributed by atoms with Gasteiger partial charge in [-0.1, -0.05) is 0 Å². The van der Waals surface area contributed by atoms with Crippen molar-refractivity contribution in [3.8, 4) is 0 Å². The molecule has 108 valence electrons. The van der Waals surface area contributed by atoms with Gasteiger partial charge in [0.2, 0.25) is 0 Å². The van der Waals surface area contributed by atoms with E-state index in [0.717, 1.165) is 25.3 Å². The fourth-order valence-corrected chi connectivity index (χ4v) is 3.35. The number of pyridine rings is 1. The Morgan fingerprint density at radius 1 is 1.45 bits per heavy atom. The largest absolute Gasteiger partial charge is 0.370 e. The molecule has 5 heteroatoms. The molecule has 2 saturated heterocycles. The molecule has 1 amide bonds. The molecule has 1 aromatic heterocycles. The van der Waals surface area contributed by atoms with Crippen LogP contribution in [0, 0.1) is 0 Å². The van der Waals surface area contributed by atoms with Gasteiger partial charge >= 0.3 is 0 Å². The van der Waals surface area contributed by atoms with E-state index in [1.165, 1.54) is 19.4 Å². The van der Waals surface area contributed by atoms with Crippen molar-refractivity contribution in [2.45, 2.75) is 38.3 Å². The fraction of sp³-hybridized carbons (Fsp3) is 0.600. The molecule has 0 radical (unpaired) electrons. The monoisotopic (exact) mass is 274 g/mol. The van der Waals surface area contributed by atoms with Crippen LogP contribution in [0.1, 0.15) is 36.5 Å². The van der Waals surface area contributed by atoms with Gasteiger partial charge < -0.3 is 10.6 Å². The highest BCUT2D eigenvalue weighted by Crippen LogP contribution is 2.28.